The third kappa shape index (κ3) is 2.72. The molecule has 0 radical (unpaired) electrons. The summed E-state index contributed by atoms with van der Waals surface area (Å²) in [5.74, 6) is -0.00237. The highest BCUT2D eigenvalue weighted by molar-refractivity contribution is 5.93. The molecule has 0 aliphatic carbocycles. The number of H-pyrrole nitrogens is 1. The zero-order valence-electron chi connectivity index (χ0n) is 15.5. The first kappa shape index (κ1) is 17.6. The minimum Gasteiger partial charge on any atom is -0.458 e. The third-order valence-electron chi connectivity index (χ3n) is 5.29. The summed E-state index contributed by atoms with van der Waals surface area (Å²) in [6.07, 6.45) is 3.31. The number of aryl methyl sites for hydroxylation is 1. The van der Waals surface area contributed by atoms with Crippen LogP contribution in [0.3, 0.4) is 0 Å². The van der Waals surface area contributed by atoms with Gasteiger partial charge in [0.1, 0.15) is 23.1 Å². The van der Waals surface area contributed by atoms with Crippen LogP contribution in [0.25, 0.3) is 11.0 Å². The lowest BCUT2D eigenvalue weighted by Gasteiger charge is -2.33. The van der Waals surface area contributed by atoms with Gasteiger partial charge >= 0.3 is 6.55 Å². The van der Waals surface area contributed by atoms with E-state index in [9.17, 15) is 13.6 Å². The van der Waals surface area contributed by atoms with Gasteiger partial charge in [0.05, 0.1) is 12.0 Å². The van der Waals surface area contributed by atoms with Crippen LogP contribution >= 0.6 is 0 Å². The normalized spacial score (nSPS) is 16.6. The van der Waals surface area contributed by atoms with Crippen LogP contribution in [0.15, 0.2) is 47.3 Å². The molecule has 1 aliphatic rings. The molecule has 4 aromatic rings. The van der Waals surface area contributed by atoms with E-state index in [2.05, 4.69) is 15.1 Å². The number of hydrogen-bond donors (Lipinski definition) is 1. The summed E-state index contributed by atoms with van der Waals surface area (Å²) < 4.78 is 33.1. The van der Waals surface area contributed by atoms with Crippen molar-refractivity contribution in [2.75, 3.05) is 6.54 Å². The van der Waals surface area contributed by atoms with E-state index in [0.717, 1.165) is 22.2 Å². The minimum absolute atomic E-state index is 0.170. The van der Waals surface area contributed by atoms with E-state index in [1.54, 1.807) is 6.33 Å². The highest BCUT2D eigenvalue weighted by Gasteiger charge is 2.38. The number of amides is 1. The van der Waals surface area contributed by atoms with Crippen molar-refractivity contribution in [1.82, 2.24) is 24.6 Å². The van der Waals surface area contributed by atoms with Crippen molar-refractivity contribution in [3.63, 3.8) is 0 Å². The summed E-state index contributed by atoms with van der Waals surface area (Å²) in [7, 11) is 0. The second-order valence-corrected chi connectivity index (χ2v) is 7.00. The van der Waals surface area contributed by atoms with Crippen LogP contribution in [-0.4, -0.2) is 37.1 Å². The van der Waals surface area contributed by atoms with E-state index in [4.69, 9.17) is 4.42 Å². The molecule has 1 aliphatic heterocycles. The number of alkyl halides is 2. The van der Waals surface area contributed by atoms with Crippen molar-refractivity contribution in [1.29, 1.82) is 0 Å². The van der Waals surface area contributed by atoms with Gasteiger partial charge in [0.25, 0.3) is 5.91 Å². The van der Waals surface area contributed by atoms with Gasteiger partial charge in [-0.15, -0.1) is 0 Å². The van der Waals surface area contributed by atoms with E-state index < -0.39 is 18.5 Å². The second kappa shape index (κ2) is 6.54. The summed E-state index contributed by atoms with van der Waals surface area (Å²) in [6, 6.07) is 8.37. The van der Waals surface area contributed by atoms with Crippen LogP contribution < -0.4 is 0 Å². The molecule has 0 saturated carbocycles. The van der Waals surface area contributed by atoms with Gasteiger partial charge in [0, 0.05) is 30.2 Å². The summed E-state index contributed by atoms with van der Waals surface area (Å²) in [6.45, 7) is -0.619. The Labute approximate surface area is 163 Å². The molecule has 0 unspecified atom stereocenters. The molecule has 9 heteroatoms. The first-order chi connectivity index (χ1) is 14.0. The quantitative estimate of drug-likeness (QED) is 0.570. The number of nitrogens with one attached hydrogen (secondary N) is 1. The van der Waals surface area contributed by atoms with Gasteiger partial charge in [-0.05, 0) is 24.6 Å². The molecule has 0 saturated heterocycles. The Bertz CT molecular complexity index is 1210. The van der Waals surface area contributed by atoms with Crippen molar-refractivity contribution in [3.8, 4) is 0 Å². The number of para-hydroxylation sites is 1. The highest BCUT2D eigenvalue weighted by atomic mass is 19.3. The van der Waals surface area contributed by atoms with Crippen molar-refractivity contribution < 1.29 is 18.0 Å². The summed E-state index contributed by atoms with van der Waals surface area (Å²) >= 11 is 0. The van der Waals surface area contributed by atoms with E-state index >= 15 is 0 Å². The Hall–Kier alpha value is -3.49. The van der Waals surface area contributed by atoms with Crippen LogP contribution in [-0.2, 0) is 6.42 Å². The Morgan fingerprint density at radius 1 is 1.34 bits per heavy atom. The number of rotatable bonds is 3. The maximum Gasteiger partial charge on any atom is 0.333 e. The lowest BCUT2D eigenvalue weighted by molar-refractivity contribution is 0.0436. The van der Waals surface area contributed by atoms with E-state index in [1.165, 1.54) is 17.2 Å². The molecule has 29 heavy (non-hydrogen) atoms. The second-order valence-electron chi connectivity index (χ2n) is 7.00. The van der Waals surface area contributed by atoms with Gasteiger partial charge < -0.3 is 14.3 Å². The maximum absolute atomic E-state index is 13.3. The molecule has 4 heterocycles. The maximum atomic E-state index is 13.3. The molecule has 7 nitrogen and oxygen atoms in total. The van der Waals surface area contributed by atoms with Crippen LogP contribution in [0.5, 0.6) is 0 Å². The Kier molecular flexibility index (Phi) is 3.97. The van der Waals surface area contributed by atoms with E-state index in [0.29, 0.717) is 29.1 Å². The molecular weight excluding hydrogens is 380 g/mol. The molecule has 3 aromatic heterocycles. The lowest BCUT2D eigenvalue weighted by atomic mass is 9.99. The summed E-state index contributed by atoms with van der Waals surface area (Å²) in [5.41, 5.74) is 3.09. The average Bonchev–Trinajstić information content (AvgIpc) is 3.44. The Balaban J connectivity index is 1.63. The Morgan fingerprint density at radius 2 is 2.21 bits per heavy atom. The summed E-state index contributed by atoms with van der Waals surface area (Å²) in [4.78, 5) is 22.3. The van der Waals surface area contributed by atoms with Crippen LogP contribution in [0.2, 0.25) is 0 Å². The highest BCUT2D eigenvalue weighted by Crippen LogP contribution is 2.37. The van der Waals surface area contributed by atoms with Crippen molar-refractivity contribution in [2.45, 2.75) is 25.9 Å². The van der Waals surface area contributed by atoms with Gasteiger partial charge in [-0.25, -0.2) is 4.98 Å². The predicted molar refractivity (Wildman–Crippen MR) is 99.6 cm³/mol. The average molecular weight is 397 g/mol. The number of halogens is 2. The van der Waals surface area contributed by atoms with Gasteiger partial charge in [-0.3, -0.25) is 4.79 Å². The van der Waals surface area contributed by atoms with Gasteiger partial charge in [-0.2, -0.15) is 18.6 Å². The fourth-order valence-corrected chi connectivity index (χ4v) is 3.93. The molecule has 0 spiro atoms. The van der Waals surface area contributed by atoms with Crippen molar-refractivity contribution >= 4 is 16.9 Å². The van der Waals surface area contributed by atoms with Crippen LogP contribution in [0.4, 0.5) is 8.78 Å². The van der Waals surface area contributed by atoms with Crippen molar-refractivity contribution in [3.05, 3.63) is 71.3 Å². The van der Waals surface area contributed by atoms with Crippen LogP contribution in [0, 0.1) is 6.92 Å². The SMILES string of the molecule is Cc1cccc2cc([C@H]3c4nc[nH]c4CCN3C(=O)c3ccnn3C(F)F)oc12. The largest absolute Gasteiger partial charge is 0.458 e. The number of benzene rings is 1. The molecule has 1 amide bonds. The fourth-order valence-electron chi connectivity index (χ4n) is 3.93. The number of aromatic nitrogens is 4. The number of fused-ring (bicyclic) bond motifs is 2. The van der Waals surface area contributed by atoms with Gasteiger partial charge in [-0.1, -0.05) is 18.2 Å². The third-order valence-corrected chi connectivity index (χ3v) is 5.29. The number of aromatic amines is 1. The standard InChI is InChI=1S/C20H17F2N5O2/c1-11-3-2-4-12-9-15(29-18(11)12)17-16-13(23-10-24-16)6-8-26(17)19(28)14-5-7-25-27(14)20(21)22/h2-5,7,9-10,17,20H,6,8H2,1H3,(H,23,24)/t17-/m0/s1. The minimum atomic E-state index is -2.90. The molecule has 1 aromatic carbocycles. The lowest BCUT2D eigenvalue weighted by Crippen LogP contribution is -2.41. The number of imidazole rings is 1. The van der Waals surface area contributed by atoms with E-state index in [1.807, 2.05) is 31.2 Å². The van der Waals surface area contributed by atoms with Gasteiger partial charge in [0.2, 0.25) is 0 Å². The molecule has 1 N–H and O–H groups in total. The van der Waals surface area contributed by atoms with Gasteiger partial charge in [0.15, 0.2) is 0 Å². The number of carbonyl (C=O) groups is 1. The van der Waals surface area contributed by atoms with Crippen LogP contribution in [0.1, 0.15) is 45.8 Å². The fraction of sp³-hybridized carbons (Fsp3) is 0.250. The Morgan fingerprint density at radius 3 is 3.00 bits per heavy atom. The topological polar surface area (TPSA) is 80.0 Å². The molecule has 1 atom stereocenters. The predicted octanol–water partition coefficient (Wildman–Crippen LogP) is 3.84. The zero-order chi connectivity index (χ0) is 20.1. The van der Waals surface area contributed by atoms with E-state index in [-0.39, 0.29) is 5.69 Å². The smallest absolute Gasteiger partial charge is 0.333 e. The number of furan rings is 1. The molecule has 5 rings (SSSR count). The number of carbonyl (C=O) groups excluding carboxylic acids is 1. The molecule has 0 fully saturated rings. The number of nitrogens with zero attached hydrogens (tertiary/aromatic N) is 4. The molecule has 148 valence electrons. The monoisotopic (exact) mass is 397 g/mol. The first-order valence-electron chi connectivity index (χ1n) is 9.18. The summed E-state index contributed by atoms with van der Waals surface area (Å²) in [5, 5.41) is 4.49. The molecular formula is C20H17F2N5O2. The molecule has 0 bridgehead atoms. The first-order valence-corrected chi connectivity index (χ1v) is 9.18. The number of hydrogen-bond acceptors (Lipinski definition) is 4. The van der Waals surface area contributed by atoms with Crippen molar-refractivity contribution in [2.24, 2.45) is 0 Å². The zero-order valence-corrected chi connectivity index (χ0v) is 15.5.